The average molecular weight is 514 g/mol. The van der Waals surface area contributed by atoms with Gasteiger partial charge >= 0.3 is 0 Å². The maximum Gasteiger partial charge on any atom is 0.283 e. The summed E-state index contributed by atoms with van der Waals surface area (Å²) in [7, 11) is 0. The molecule has 0 spiro atoms. The molecule has 1 amide bonds. The van der Waals surface area contributed by atoms with Crippen molar-refractivity contribution < 1.29 is 9.53 Å². The van der Waals surface area contributed by atoms with Crippen molar-refractivity contribution in [2.24, 2.45) is 16.0 Å². The van der Waals surface area contributed by atoms with E-state index in [9.17, 15) is 4.79 Å². The zero-order valence-electron chi connectivity index (χ0n) is 21.6. The van der Waals surface area contributed by atoms with Crippen molar-refractivity contribution in [2.45, 2.75) is 46.6 Å². The standard InChI is InChI=1S/C29H31N5O2S/c1-5-19(4)21-10-7-9-13-25(21)36-15-14-33-17-20(22-11-6-8-12-24(22)33)16-23-26(30)34-29(31-27(23)35)37-28(32-34)18(2)3/h6-13,16-19,30H,5,14-15H2,1-4H3/b23-16-,30-26?. The fourth-order valence-electron chi connectivity index (χ4n) is 4.46. The summed E-state index contributed by atoms with van der Waals surface area (Å²) < 4.78 is 8.36. The minimum atomic E-state index is -0.411. The zero-order valence-corrected chi connectivity index (χ0v) is 22.4. The van der Waals surface area contributed by atoms with Crippen LogP contribution in [0.15, 0.2) is 70.4 Å². The molecule has 1 atom stereocenters. The van der Waals surface area contributed by atoms with E-state index >= 15 is 0 Å². The van der Waals surface area contributed by atoms with Gasteiger partial charge in [0.1, 0.15) is 17.4 Å². The molecule has 190 valence electrons. The van der Waals surface area contributed by atoms with Gasteiger partial charge in [-0.25, -0.2) is 0 Å². The number of hydrogen-bond donors (Lipinski definition) is 1. The topological polar surface area (TPSA) is 83.0 Å². The quantitative estimate of drug-likeness (QED) is 0.348. The van der Waals surface area contributed by atoms with Crippen LogP contribution in [-0.4, -0.2) is 38.1 Å². The average Bonchev–Trinajstić information content (AvgIpc) is 3.48. The van der Waals surface area contributed by atoms with Crippen molar-refractivity contribution in [3.63, 3.8) is 0 Å². The lowest BCUT2D eigenvalue weighted by atomic mass is 9.98. The van der Waals surface area contributed by atoms with Crippen LogP contribution in [0, 0.1) is 11.3 Å². The smallest absolute Gasteiger partial charge is 0.283 e. The number of benzene rings is 2. The number of hydrogen-bond acceptors (Lipinski definition) is 5. The largest absolute Gasteiger partial charge is 0.491 e. The third kappa shape index (κ3) is 4.85. The van der Waals surface area contributed by atoms with E-state index in [0.29, 0.717) is 24.2 Å². The molecule has 1 unspecified atom stereocenters. The molecule has 3 heterocycles. The first kappa shape index (κ1) is 25.0. The lowest BCUT2D eigenvalue weighted by Crippen LogP contribution is -2.35. The van der Waals surface area contributed by atoms with Crippen molar-refractivity contribution in [1.82, 2.24) is 9.58 Å². The number of thioether (sulfide) groups is 1. The normalized spacial score (nSPS) is 17.4. The molecule has 8 heteroatoms. The first-order chi connectivity index (χ1) is 17.9. The zero-order chi connectivity index (χ0) is 26.1. The molecule has 1 N–H and O–H groups in total. The first-order valence-corrected chi connectivity index (χ1v) is 13.5. The molecule has 3 aromatic rings. The van der Waals surface area contributed by atoms with Crippen molar-refractivity contribution in [3.8, 4) is 5.75 Å². The summed E-state index contributed by atoms with van der Waals surface area (Å²) in [5.74, 6) is 1.20. The molecule has 0 radical (unpaired) electrons. The number of hydrazone groups is 1. The number of para-hydroxylation sites is 2. The van der Waals surface area contributed by atoms with Crippen LogP contribution in [0.4, 0.5) is 0 Å². The Morgan fingerprint density at radius 1 is 1.11 bits per heavy atom. The van der Waals surface area contributed by atoms with Gasteiger partial charge in [-0.2, -0.15) is 15.1 Å². The Morgan fingerprint density at radius 2 is 1.86 bits per heavy atom. The SMILES string of the molecule is CCC(C)c1ccccc1OCCn1cc(/C=C2/C(=N)N3N=C(C(C)C)SC3=NC2=O)c2ccccc21. The second-order valence-corrected chi connectivity index (χ2v) is 10.6. The maximum atomic E-state index is 12.9. The van der Waals surface area contributed by atoms with Crippen LogP contribution in [0.3, 0.4) is 0 Å². The first-order valence-electron chi connectivity index (χ1n) is 12.7. The Bertz CT molecular complexity index is 1470. The van der Waals surface area contributed by atoms with Crippen molar-refractivity contribution >= 4 is 50.7 Å². The van der Waals surface area contributed by atoms with Crippen LogP contribution in [0.5, 0.6) is 5.75 Å². The van der Waals surface area contributed by atoms with Crippen LogP contribution < -0.4 is 4.74 Å². The van der Waals surface area contributed by atoms with Gasteiger partial charge in [0, 0.05) is 28.6 Å². The van der Waals surface area contributed by atoms with Crippen molar-refractivity contribution in [2.75, 3.05) is 6.61 Å². The summed E-state index contributed by atoms with van der Waals surface area (Å²) in [5, 5.41) is 17.0. The molecule has 2 aliphatic heterocycles. The van der Waals surface area contributed by atoms with E-state index in [2.05, 4.69) is 46.7 Å². The van der Waals surface area contributed by atoms with Gasteiger partial charge in [0.05, 0.1) is 12.1 Å². The molecule has 0 aliphatic carbocycles. The lowest BCUT2D eigenvalue weighted by Gasteiger charge is -2.20. The van der Waals surface area contributed by atoms with Gasteiger partial charge in [-0.3, -0.25) is 10.2 Å². The Kier molecular flexibility index (Phi) is 7.02. The highest BCUT2D eigenvalue weighted by molar-refractivity contribution is 8.27. The third-order valence-electron chi connectivity index (χ3n) is 6.74. The Labute approximate surface area is 221 Å². The van der Waals surface area contributed by atoms with E-state index in [-0.39, 0.29) is 17.3 Å². The highest BCUT2D eigenvalue weighted by atomic mass is 32.2. The molecule has 2 aliphatic rings. The molecule has 5 rings (SSSR count). The number of nitrogens with one attached hydrogen (secondary N) is 1. The second kappa shape index (κ2) is 10.4. The highest BCUT2D eigenvalue weighted by Crippen LogP contribution is 2.32. The van der Waals surface area contributed by atoms with Gasteiger partial charge in [0.2, 0.25) is 5.17 Å². The molecular formula is C29H31N5O2S. The molecular weight excluding hydrogens is 482 g/mol. The maximum absolute atomic E-state index is 12.9. The van der Waals surface area contributed by atoms with Gasteiger partial charge in [-0.15, -0.1) is 0 Å². The van der Waals surface area contributed by atoms with Gasteiger partial charge in [0.15, 0.2) is 5.84 Å². The molecule has 0 saturated carbocycles. The molecule has 2 aromatic carbocycles. The fraction of sp³-hybridized carbons (Fsp3) is 0.310. The van der Waals surface area contributed by atoms with Crippen LogP contribution in [-0.2, 0) is 11.3 Å². The van der Waals surface area contributed by atoms with E-state index in [0.717, 1.165) is 33.7 Å². The molecule has 0 bridgehead atoms. The lowest BCUT2D eigenvalue weighted by molar-refractivity contribution is -0.114. The third-order valence-corrected chi connectivity index (χ3v) is 7.94. The molecule has 37 heavy (non-hydrogen) atoms. The summed E-state index contributed by atoms with van der Waals surface area (Å²) in [6, 6.07) is 16.3. The number of amides is 1. The fourth-order valence-corrected chi connectivity index (χ4v) is 5.36. The number of nitrogens with zero attached hydrogens (tertiary/aromatic N) is 4. The summed E-state index contributed by atoms with van der Waals surface area (Å²) >= 11 is 1.36. The Balaban J connectivity index is 1.41. The minimum Gasteiger partial charge on any atom is -0.491 e. The van der Waals surface area contributed by atoms with E-state index in [1.54, 1.807) is 6.08 Å². The monoisotopic (exact) mass is 513 g/mol. The number of rotatable bonds is 8. The highest BCUT2D eigenvalue weighted by Gasteiger charge is 2.36. The van der Waals surface area contributed by atoms with E-state index in [1.807, 2.05) is 50.4 Å². The number of fused-ring (bicyclic) bond motifs is 2. The number of aromatic nitrogens is 1. The summed E-state index contributed by atoms with van der Waals surface area (Å²) in [5.41, 5.74) is 3.37. The van der Waals surface area contributed by atoms with Crippen LogP contribution in [0.1, 0.15) is 51.2 Å². The minimum absolute atomic E-state index is 0.0555. The van der Waals surface area contributed by atoms with E-state index < -0.39 is 5.91 Å². The molecule has 7 nitrogen and oxygen atoms in total. The predicted molar refractivity (Wildman–Crippen MR) is 152 cm³/mol. The Morgan fingerprint density at radius 3 is 2.65 bits per heavy atom. The Hall–Kier alpha value is -3.65. The number of ether oxygens (including phenoxy) is 1. The predicted octanol–water partition coefficient (Wildman–Crippen LogP) is 6.51. The van der Waals surface area contributed by atoms with Gasteiger partial charge in [-0.05, 0) is 47.9 Å². The number of carbonyl (C=O) groups is 1. The molecule has 0 saturated heterocycles. The summed E-state index contributed by atoms with van der Waals surface area (Å²) in [4.78, 5) is 17.1. The molecule has 1 aromatic heterocycles. The van der Waals surface area contributed by atoms with Crippen LogP contribution in [0.25, 0.3) is 17.0 Å². The summed E-state index contributed by atoms with van der Waals surface area (Å²) in [6.07, 6.45) is 4.83. The number of aliphatic imine (C=N–C) groups is 1. The van der Waals surface area contributed by atoms with Crippen molar-refractivity contribution in [3.05, 3.63) is 71.4 Å². The molecule has 0 fully saturated rings. The van der Waals surface area contributed by atoms with Gasteiger partial charge in [-0.1, -0.05) is 64.1 Å². The van der Waals surface area contributed by atoms with Crippen LogP contribution >= 0.6 is 11.8 Å². The van der Waals surface area contributed by atoms with E-state index in [4.69, 9.17) is 10.1 Å². The second-order valence-electron chi connectivity index (χ2n) is 9.60. The van der Waals surface area contributed by atoms with E-state index in [1.165, 1.54) is 22.3 Å². The van der Waals surface area contributed by atoms with Crippen LogP contribution in [0.2, 0.25) is 0 Å². The van der Waals surface area contributed by atoms with Crippen molar-refractivity contribution in [1.29, 1.82) is 5.41 Å². The van der Waals surface area contributed by atoms with Gasteiger partial charge in [0.25, 0.3) is 5.91 Å². The number of carbonyl (C=O) groups excluding carboxylic acids is 1. The van der Waals surface area contributed by atoms with Gasteiger partial charge < -0.3 is 9.30 Å². The summed E-state index contributed by atoms with van der Waals surface area (Å²) in [6.45, 7) is 9.64. The number of amidine groups is 2.